The molecule has 2 aromatic carbocycles. The molecule has 3 rings (SSSR count). The van der Waals surface area contributed by atoms with E-state index in [0.29, 0.717) is 16.3 Å². The molecule has 3 aromatic rings. The second-order valence-electron chi connectivity index (χ2n) is 5.66. The van der Waals surface area contributed by atoms with Crippen molar-refractivity contribution in [3.63, 3.8) is 0 Å². The molecule has 0 aliphatic heterocycles. The molecule has 0 radical (unpaired) electrons. The first-order chi connectivity index (χ1) is 10.9. The third-order valence-electron chi connectivity index (χ3n) is 3.58. The molecule has 0 aliphatic rings. The minimum atomic E-state index is -0.302. The van der Waals surface area contributed by atoms with Gasteiger partial charge in [-0.1, -0.05) is 23.2 Å². The van der Waals surface area contributed by atoms with Gasteiger partial charge >= 0.3 is 0 Å². The maximum absolute atomic E-state index is 12.5. The molecule has 118 valence electrons. The summed E-state index contributed by atoms with van der Waals surface area (Å²) < 4.78 is 5.63. The van der Waals surface area contributed by atoms with Crippen LogP contribution in [0.1, 0.15) is 16.1 Å². The molecular formula is C18H17ClN2O2. The van der Waals surface area contributed by atoms with Crippen molar-refractivity contribution in [2.75, 3.05) is 24.3 Å². The molecule has 1 heterocycles. The van der Waals surface area contributed by atoms with E-state index in [2.05, 4.69) is 5.32 Å². The van der Waals surface area contributed by atoms with Crippen LogP contribution in [0.15, 0.2) is 46.9 Å². The lowest BCUT2D eigenvalue weighted by Crippen LogP contribution is -2.16. The normalized spacial score (nSPS) is 10.8. The van der Waals surface area contributed by atoms with Gasteiger partial charge in [0.25, 0.3) is 5.91 Å². The van der Waals surface area contributed by atoms with Crippen LogP contribution < -0.4 is 10.2 Å². The number of carbonyl (C=O) groups is 1. The van der Waals surface area contributed by atoms with Crippen LogP contribution in [-0.2, 0) is 0 Å². The number of carbonyl (C=O) groups excluding carboxylic acids is 1. The second kappa shape index (κ2) is 5.97. The van der Waals surface area contributed by atoms with Crippen LogP contribution in [-0.4, -0.2) is 20.0 Å². The summed E-state index contributed by atoms with van der Waals surface area (Å²) in [5.74, 6) is -0.0282. The Morgan fingerprint density at radius 1 is 1.13 bits per heavy atom. The lowest BCUT2D eigenvalue weighted by atomic mass is 10.2. The SMILES string of the molecule is Cc1ccc2oc(C(=O)Nc3cc(Cl)ccc3N(C)C)cc2c1. The number of halogens is 1. The predicted octanol–water partition coefficient (Wildman–Crippen LogP) is 4.71. The van der Waals surface area contributed by atoms with Crippen LogP contribution >= 0.6 is 11.6 Å². The molecular weight excluding hydrogens is 312 g/mol. The van der Waals surface area contributed by atoms with Crippen molar-refractivity contribution in [3.05, 3.63) is 58.8 Å². The summed E-state index contributed by atoms with van der Waals surface area (Å²) >= 11 is 6.04. The van der Waals surface area contributed by atoms with Crippen LogP contribution in [0, 0.1) is 6.92 Å². The fourth-order valence-electron chi connectivity index (χ4n) is 2.46. The standard InChI is InChI=1S/C18H17ClN2O2/c1-11-4-7-16-12(8-11)9-17(23-16)18(22)20-14-10-13(19)5-6-15(14)21(2)3/h4-10H,1-3H3,(H,20,22). The number of amides is 1. The molecule has 23 heavy (non-hydrogen) atoms. The maximum Gasteiger partial charge on any atom is 0.291 e. The quantitative estimate of drug-likeness (QED) is 0.757. The van der Waals surface area contributed by atoms with E-state index in [1.54, 1.807) is 18.2 Å². The molecule has 0 saturated carbocycles. The number of nitrogens with one attached hydrogen (secondary N) is 1. The summed E-state index contributed by atoms with van der Waals surface area (Å²) in [7, 11) is 3.81. The van der Waals surface area contributed by atoms with Crippen LogP contribution in [0.25, 0.3) is 11.0 Å². The monoisotopic (exact) mass is 328 g/mol. The summed E-state index contributed by atoms with van der Waals surface area (Å²) in [5.41, 5.74) is 3.33. The zero-order valence-corrected chi connectivity index (χ0v) is 13.9. The minimum Gasteiger partial charge on any atom is -0.451 e. The van der Waals surface area contributed by atoms with Crippen molar-refractivity contribution in [2.24, 2.45) is 0 Å². The third kappa shape index (κ3) is 3.17. The fourth-order valence-corrected chi connectivity index (χ4v) is 2.63. The molecule has 1 aromatic heterocycles. The highest BCUT2D eigenvalue weighted by Crippen LogP contribution is 2.29. The van der Waals surface area contributed by atoms with Gasteiger partial charge in [-0.3, -0.25) is 4.79 Å². The number of benzene rings is 2. The number of hydrogen-bond donors (Lipinski definition) is 1. The summed E-state index contributed by atoms with van der Waals surface area (Å²) in [6, 6.07) is 12.9. The highest BCUT2D eigenvalue weighted by atomic mass is 35.5. The molecule has 5 heteroatoms. The minimum absolute atomic E-state index is 0.273. The van der Waals surface area contributed by atoms with Crippen molar-refractivity contribution in [3.8, 4) is 0 Å². The van der Waals surface area contributed by atoms with Crippen LogP contribution in [0.2, 0.25) is 5.02 Å². The summed E-state index contributed by atoms with van der Waals surface area (Å²) in [6.07, 6.45) is 0. The number of hydrogen-bond acceptors (Lipinski definition) is 3. The van der Waals surface area contributed by atoms with Crippen molar-refractivity contribution in [2.45, 2.75) is 6.92 Å². The molecule has 0 aliphatic carbocycles. The van der Waals surface area contributed by atoms with E-state index in [0.717, 1.165) is 16.6 Å². The lowest BCUT2D eigenvalue weighted by Gasteiger charge is -2.17. The van der Waals surface area contributed by atoms with Crippen LogP contribution in [0.4, 0.5) is 11.4 Å². The molecule has 1 amide bonds. The highest BCUT2D eigenvalue weighted by molar-refractivity contribution is 6.31. The number of fused-ring (bicyclic) bond motifs is 1. The maximum atomic E-state index is 12.5. The average Bonchev–Trinajstić information content (AvgIpc) is 2.90. The van der Waals surface area contributed by atoms with Gasteiger partial charge in [-0.15, -0.1) is 0 Å². The number of nitrogens with zero attached hydrogens (tertiary/aromatic N) is 1. The Morgan fingerprint density at radius 2 is 1.91 bits per heavy atom. The molecule has 1 N–H and O–H groups in total. The topological polar surface area (TPSA) is 45.5 Å². The van der Waals surface area contributed by atoms with E-state index in [-0.39, 0.29) is 11.7 Å². The van der Waals surface area contributed by atoms with Crippen molar-refractivity contribution < 1.29 is 9.21 Å². The molecule has 0 fully saturated rings. The molecule has 4 nitrogen and oxygen atoms in total. The zero-order valence-electron chi connectivity index (χ0n) is 13.2. The Balaban J connectivity index is 1.93. The first kappa shape index (κ1) is 15.4. The summed E-state index contributed by atoms with van der Waals surface area (Å²) in [6.45, 7) is 2.00. The van der Waals surface area contributed by atoms with Crippen molar-refractivity contribution in [1.82, 2.24) is 0 Å². The fraction of sp³-hybridized carbons (Fsp3) is 0.167. The van der Waals surface area contributed by atoms with E-state index in [4.69, 9.17) is 16.0 Å². The van der Waals surface area contributed by atoms with E-state index in [1.807, 2.05) is 50.2 Å². The predicted molar refractivity (Wildman–Crippen MR) is 94.7 cm³/mol. The van der Waals surface area contributed by atoms with Gasteiger partial charge in [0, 0.05) is 24.5 Å². The Bertz CT molecular complexity index is 884. The number of aryl methyl sites for hydroxylation is 1. The number of anilines is 2. The molecule has 0 bridgehead atoms. The van der Waals surface area contributed by atoms with E-state index >= 15 is 0 Å². The Hall–Kier alpha value is -2.46. The summed E-state index contributed by atoms with van der Waals surface area (Å²) in [4.78, 5) is 14.4. The van der Waals surface area contributed by atoms with Gasteiger partial charge in [0.2, 0.25) is 0 Å². The Kier molecular flexibility index (Phi) is 4.01. The van der Waals surface area contributed by atoms with Crippen molar-refractivity contribution in [1.29, 1.82) is 0 Å². The van der Waals surface area contributed by atoms with Crippen LogP contribution in [0.3, 0.4) is 0 Å². The molecule has 0 spiro atoms. The van der Waals surface area contributed by atoms with Gasteiger partial charge in [0.1, 0.15) is 5.58 Å². The van der Waals surface area contributed by atoms with E-state index in [1.165, 1.54) is 0 Å². The highest BCUT2D eigenvalue weighted by Gasteiger charge is 2.15. The van der Waals surface area contributed by atoms with Gasteiger partial charge in [-0.25, -0.2) is 0 Å². The average molecular weight is 329 g/mol. The molecule has 0 atom stereocenters. The zero-order chi connectivity index (χ0) is 16.6. The Labute approximate surface area is 139 Å². The lowest BCUT2D eigenvalue weighted by molar-refractivity contribution is 0.0999. The number of rotatable bonds is 3. The van der Waals surface area contributed by atoms with Crippen molar-refractivity contribution >= 4 is 39.9 Å². The smallest absolute Gasteiger partial charge is 0.291 e. The van der Waals surface area contributed by atoms with Gasteiger partial charge in [0.05, 0.1) is 11.4 Å². The Morgan fingerprint density at radius 3 is 2.65 bits per heavy atom. The first-order valence-corrected chi connectivity index (χ1v) is 7.60. The van der Waals surface area contributed by atoms with Gasteiger partial charge < -0.3 is 14.6 Å². The van der Waals surface area contributed by atoms with E-state index < -0.39 is 0 Å². The largest absolute Gasteiger partial charge is 0.451 e. The summed E-state index contributed by atoms with van der Waals surface area (Å²) in [5, 5.41) is 4.34. The van der Waals surface area contributed by atoms with Gasteiger partial charge in [0.15, 0.2) is 5.76 Å². The van der Waals surface area contributed by atoms with Crippen LogP contribution in [0.5, 0.6) is 0 Å². The van der Waals surface area contributed by atoms with E-state index in [9.17, 15) is 4.79 Å². The van der Waals surface area contributed by atoms with Gasteiger partial charge in [-0.2, -0.15) is 0 Å². The molecule has 0 unspecified atom stereocenters. The second-order valence-corrected chi connectivity index (χ2v) is 6.10. The molecule has 0 saturated heterocycles. The first-order valence-electron chi connectivity index (χ1n) is 7.22. The third-order valence-corrected chi connectivity index (χ3v) is 3.82. The number of furan rings is 1. The van der Waals surface area contributed by atoms with Gasteiger partial charge in [-0.05, 0) is 43.3 Å².